The van der Waals surface area contributed by atoms with Crippen molar-refractivity contribution in [3.63, 3.8) is 0 Å². The van der Waals surface area contributed by atoms with E-state index in [1.807, 2.05) is 48.5 Å². The van der Waals surface area contributed by atoms with Gasteiger partial charge in [0, 0.05) is 36.6 Å². The first-order valence-corrected chi connectivity index (χ1v) is 7.73. The molecule has 0 bridgehead atoms. The van der Waals surface area contributed by atoms with Gasteiger partial charge >= 0.3 is 0 Å². The van der Waals surface area contributed by atoms with Gasteiger partial charge in [0.25, 0.3) is 0 Å². The Morgan fingerprint density at radius 2 is 1.32 bits per heavy atom. The predicted molar refractivity (Wildman–Crippen MR) is 98.4 cm³/mol. The van der Waals surface area contributed by atoms with Crippen molar-refractivity contribution in [3.05, 3.63) is 72.8 Å². The molecule has 5 heteroatoms. The Morgan fingerprint density at radius 3 is 1.92 bits per heavy atom. The van der Waals surface area contributed by atoms with E-state index in [-0.39, 0.29) is 0 Å². The Morgan fingerprint density at radius 1 is 0.800 bits per heavy atom. The fourth-order valence-corrected chi connectivity index (χ4v) is 2.28. The van der Waals surface area contributed by atoms with E-state index in [9.17, 15) is 4.79 Å². The molecule has 3 rings (SSSR count). The number of nitrogens with two attached hydrogens (primary N) is 1. The second kappa shape index (κ2) is 7.40. The maximum Gasteiger partial charge on any atom is 0.213 e. The number of hydrogen-bond acceptors (Lipinski definition) is 4. The van der Waals surface area contributed by atoms with Crippen LogP contribution in [-0.4, -0.2) is 13.5 Å². The van der Waals surface area contributed by atoms with Gasteiger partial charge in [-0.2, -0.15) is 0 Å². The van der Waals surface area contributed by atoms with E-state index in [0.717, 1.165) is 12.1 Å². The smallest absolute Gasteiger partial charge is 0.213 e. The van der Waals surface area contributed by atoms with Crippen molar-refractivity contribution >= 4 is 17.8 Å². The number of carbonyl (C=O) groups is 1. The van der Waals surface area contributed by atoms with Crippen molar-refractivity contribution in [2.24, 2.45) is 0 Å². The van der Waals surface area contributed by atoms with Crippen LogP contribution < -0.4 is 20.1 Å². The van der Waals surface area contributed by atoms with Crippen LogP contribution >= 0.6 is 0 Å². The van der Waals surface area contributed by atoms with Gasteiger partial charge in [-0.1, -0.05) is 18.2 Å². The summed E-state index contributed by atoms with van der Waals surface area (Å²) >= 11 is 0. The molecule has 3 aromatic carbocycles. The number of hydrogen-bond donors (Lipinski definition) is 1. The first-order chi connectivity index (χ1) is 12.1. The zero-order valence-electron chi connectivity index (χ0n) is 13.8. The summed E-state index contributed by atoms with van der Waals surface area (Å²) in [5, 5.41) is 0. The normalized spacial score (nSPS) is 10.1. The molecular formula is C20H18N2O3. The summed E-state index contributed by atoms with van der Waals surface area (Å²) in [5.74, 6) is 2.57. The van der Waals surface area contributed by atoms with Crippen LogP contribution in [0.2, 0.25) is 0 Å². The van der Waals surface area contributed by atoms with E-state index in [0.29, 0.717) is 28.7 Å². The maximum atomic E-state index is 10.9. The molecule has 5 nitrogen and oxygen atoms in total. The van der Waals surface area contributed by atoms with Gasteiger partial charge in [-0.05, 0) is 36.4 Å². The van der Waals surface area contributed by atoms with Crippen LogP contribution in [0.15, 0.2) is 72.8 Å². The van der Waals surface area contributed by atoms with E-state index in [1.54, 1.807) is 31.3 Å². The molecule has 0 aromatic heterocycles. The number of nitrogens with zero attached hydrogens (tertiary/aromatic N) is 1. The van der Waals surface area contributed by atoms with Crippen LogP contribution in [0.25, 0.3) is 0 Å². The van der Waals surface area contributed by atoms with Crippen molar-refractivity contribution in [2.45, 2.75) is 0 Å². The van der Waals surface area contributed by atoms with E-state index in [2.05, 4.69) is 0 Å². The Bertz CT molecular complexity index is 880. The number of rotatable bonds is 6. The number of benzene rings is 3. The van der Waals surface area contributed by atoms with Gasteiger partial charge in [0.05, 0.1) is 0 Å². The molecule has 2 N–H and O–H groups in total. The molecule has 0 atom stereocenters. The van der Waals surface area contributed by atoms with Crippen LogP contribution in [0.4, 0.5) is 11.4 Å². The summed E-state index contributed by atoms with van der Waals surface area (Å²) in [6.45, 7) is 0. The third-order valence-corrected chi connectivity index (χ3v) is 3.52. The fourth-order valence-electron chi connectivity index (χ4n) is 2.28. The Labute approximate surface area is 146 Å². The average Bonchev–Trinajstić information content (AvgIpc) is 2.61. The van der Waals surface area contributed by atoms with Crippen LogP contribution in [0, 0.1) is 0 Å². The van der Waals surface area contributed by atoms with Crippen molar-refractivity contribution in [2.75, 3.05) is 17.7 Å². The number of ether oxygens (including phenoxy) is 2. The summed E-state index contributed by atoms with van der Waals surface area (Å²) < 4.78 is 11.7. The van der Waals surface area contributed by atoms with Crippen molar-refractivity contribution in [1.29, 1.82) is 0 Å². The summed E-state index contributed by atoms with van der Waals surface area (Å²) in [6.07, 6.45) is 0.749. The minimum Gasteiger partial charge on any atom is -0.457 e. The molecule has 0 fully saturated rings. The Hall–Kier alpha value is -3.47. The molecule has 0 spiro atoms. The predicted octanol–water partition coefficient (Wildman–Crippen LogP) is 4.45. The van der Waals surface area contributed by atoms with Gasteiger partial charge in [-0.25, -0.2) is 0 Å². The summed E-state index contributed by atoms with van der Waals surface area (Å²) in [4.78, 5) is 12.4. The highest BCUT2D eigenvalue weighted by molar-refractivity contribution is 5.74. The lowest BCUT2D eigenvalue weighted by Crippen LogP contribution is -2.13. The highest BCUT2D eigenvalue weighted by atomic mass is 16.5. The zero-order valence-corrected chi connectivity index (χ0v) is 13.8. The molecule has 126 valence electrons. The number of amides is 1. The van der Waals surface area contributed by atoms with E-state index in [4.69, 9.17) is 15.2 Å². The second-order valence-electron chi connectivity index (χ2n) is 5.47. The van der Waals surface area contributed by atoms with Crippen LogP contribution in [0.3, 0.4) is 0 Å². The van der Waals surface area contributed by atoms with Gasteiger partial charge < -0.3 is 20.1 Å². The highest BCUT2D eigenvalue weighted by Gasteiger charge is 2.04. The summed E-state index contributed by atoms with van der Waals surface area (Å²) in [6, 6.07) is 21.8. The quantitative estimate of drug-likeness (QED) is 0.534. The lowest BCUT2D eigenvalue weighted by molar-refractivity contribution is -0.107. The largest absolute Gasteiger partial charge is 0.457 e. The molecular weight excluding hydrogens is 316 g/mol. The van der Waals surface area contributed by atoms with Gasteiger partial charge in [0.2, 0.25) is 6.41 Å². The first kappa shape index (κ1) is 16.4. The molecule has 1 amide bonds. The number of carbonyl (C=O) groups excluding carboxylic acids is 1. The Kier molecular flexibility index (Phi) is 4.85. The van der Waals surface area contributed by atoms with Crippen molar-refractivity contribution in [3.8, 4) is 23.0 Å². The molecule has 0 unspecified atom stereocenters. The standard InChI is InChI=1S/C20H18N2O3/c1-22(14-23)16-6-3-8-18(12-16)25-20-10-4-9-19(13-20)24-17-7-2-5-15(21)11-17/h2-14H,21H2,1H3. The minimum absolute atomic E-state index is 0.632. The van der Waals surface area contributed by atoms with Crippen molar-refractivity contribution in [1.82, 2.24) is 0 Å². The molecule has 0 heterocycles. The van der Waals surface area contributed by atoms with Crippen LogP contribution in [-0.2, 0) is 4.79 Å². The van der Waals surface area contributed by atoms with Crippen molar-refractivity contribution < 1.29 is 14.3 Å². The van der Waals surface area contributed by atoms with Gasteiger partial charge in [0.15, 0.2) is 0 Å². The van der Waals surface area contributed by atoms with Crippen LogP contribution in [0.5, 0.6) is 23.0 Å². The Balaban J connectivity index is 1.77. The molecule has 3 aromatic rings. The second-order valence-corrected chi connectivity index (χ2v) is 5.47. The van der Waals surface area contributed by atoms with Gasteiger partial charge in [0.1, 0.15) is 23.0 Å². The van der Waals surface area contributed by atoms with Gasteiger partial charge in [-0.15, -0.1) is 0 Å². The van der Waals surface area contributed by atoms with E-state index < -0.39 is 0 Å². The fraction of sp³-hybridized carbons (Fsp3) is 0.0500. The zero-order chi connectivity index (χ0) is 17.6. The molecule has 0 aliphatic carbocycles. The molecule has 0 aliphatic heterocycles. The third-order valence-electron chi connectivity index (χ3n) is 3.52. The lowest BCUT2D eigenvalue weighted by Gasteiger charge is -2.13. The average molecular weight is 334 g/mol. The minimum atomic E-state index is 0.632. The van der Waals surface area contributed by atoms with E-state index in [1.165, 1.54) is 4.90 Å². The third kappa shape index (κ3) is 4.29. The SMILES string of the molecule is CN(C=O)c1cccc(Oc2cccc(Oc3cccc(N)c3)c2)c1. The molecule has 0 saturated heterocycles. The maximum absolute atomic E-state index is 10.9. The van der Waals surface area contributed by atoms with Gasteiger partial charge in [-0.3, -0.25) is 4.79 Å². The molecule has 25 heavy (non-hydrogen) atoms. The lowest BCUT2D eigenvalue weighted by atomic mass is 10.2. The molecule has 0 aliphatic rings. The highest BCUT2D eigenvalue weighted by Crippen LogP contribution is 2.30. The number of nitrogen functional groups attached to an aromatic ring is 1. The van der Waals surface area contributed by atoms with Crippen LogP contribution in [0.1, 0.15) is 0 Å². The summed E-state index contributed by atoms with van der Waals surface area (Å²) in [5.41, 5.74) is 7.15. The number of anilines is 2. The topological polar surface area (TPSA) is 64.8 Å². The molecule has 0 saturated carbocycles. The molecule has 0 radical (unpaired) electrons. The van der Waals surface area contributed by atoms with E-state index >= 15 is 0 Å². The monoisotopic (exact) mass is 334 g/mol. The first-order valence-electron chi connectivity index (χ1n) is 7.73. The summed E-state index contributed by atoms with van der Waals surface area (Å²) in [7, 11) is 1.69.